The molecule has 0 spiro atoms. The Balaban J connectivity index is 2.28. The first-order chi connectivity index (χ1) is 10.9. The molecule has 0 aliphatic heterocycles. The first kappa shape index (κ1) is 17.2. The Morgan fingerprint density at radius 1 is 1.13 bits per heavy atom. The average Bonchev–Trinajstić information content (AvgIpc) is 2.51. The van der Waals surface area contributed by atoms with Crippen LogP contribution in [-0.2, 0) is 4.79 Å². The van der Waals surface area contributed by atoms with Gasteiger partial charge in [0.05, 0.1) is 15.7 Å². The number of benzene rings is 2. The summed E-state index contributed by atoms with van der Waals surface area (Å²) in [4.78, 5) is 12.2. The molecule has 0 aliphatic carbocycles. The summed E-state index contributed by atoms with van der Waals surface area (Å²) in [6.07, 6.45) is 1.35. The minimum absolute atomic E-state index is 0.0857. The molecule has 0 aliphatic rings. The van der Waals surface area contributed by atoms with E-state index in [2.05, 4.69) is 5.32 Å². The van der Waals surface area contributed by atoms with E-state index in [0.29, 0.717) is 21.3 Å². The highest BCUT2D eigenvalue weighted by atomic mass is 35.5. The average molecular weight is 368 g/mol. The van der Waals surface area contributed by atoms with Gasteiger partial charge in [-0.25, -0.2) is 0 Å². The molecule has 0 radical (unpaired) electrons. The Hall–Kier alpha value is -2.19. The van der Waals surface area contributed by atoms with E-state index >= 15 is 0 Å². The minimum Gasteiger partial charge on any atom is -0.506 e. The fourth-order valence-electron chi connectivity index (χ4n) is 1.71. The molecule has 2 rings (SSSR count). The second kappa shape index (κ2) is 7.38. The minimum atomic E-state index is -0.638. The lowest BCUT2D eigenvalue weighted by atomic mass is 10.1. The molecule has 0 aromatic heterocycles. The van der Waals surface area contributed by atoms with Crippen molar-refractivity contribution in [1.82, 2.24) is 0 Å². The van der Waals surface area contributed by atoms with E-state index < -0.39 is 5.91 Å². The van der Waals surface area contributed by atoms with Crippen LogP contribution in [0.3, 0.4) is 0 Å². The number of halogens is 3. The lowest BCUT2D eigenvalue weighted by Crippen LogP contribution is -2.13. The standard InChI is InChI=1S/C16H9Cl3N2O2/c17-11-2-3-12(18)14(7-11)21-16(23)10(8-20)5-9-1-4-15(22)13(19)6-9/h1-7,22H,(H,21,23). The molecule has 116 valence electrons. The van der Waals surface area contributed by atoms with E-state index in [1.54, 1.807) is 12.1 Å². The molecule has 0 atom stereocenters. The summed E-state index contributed by atoms with van der Waals surface area (Å²) in [5.74, 6) is -0.724. The van der Waals surface area contributed by atoms with Gasteiger partial charge in [-0.2, -0.15) is 5.26 Å². The number of hydrogen-bond donors (Lipinski definition) is 2. The Morgan fingerprint density at radius 3 is 2.52 bits per heavy atom. The van der Waals surface area contributed by atoms with Gasteiger partial charge < -0.3 is 10.4 Å². The van der Waals surface area contributed by atoms with E-state index in [1.165, 1.54) is 36.4 Å². The van der Waals surface area contributed by atoms with Crippen LogP contribution in [-0.4, -0.2) is 11.0 Å². The van der Waals surface area contributed by atoms with Gasteiger partial charge >= 0.3 is 0 Å². The third-order valence-corrected chi connectivity index (χ3v) is 3.69. The van der Waals surface area contributed by atoms with Crippen LogP contribution in [0.4, 0.5) is 5.69 Å². The van der Waals surface area contributed by atoms with Crippen molar-refractivity contribution in [3.63, 3.8) is 0 Å². The van der Waals surface area contributed by atoms with Crippen molar-refractivity contribution in [2.24, 2.45) is 0 Å². The molecule has 2 N–H and O–H groups in total. The Bertz CT molecular complexity index is 842. The second-order valence-electron chi connectivity index (χ2n) is 4.46. The molecule has 0 heterocycles. The molecule has 0 unspecified atom stereocenters. The van der Waals surface area contributed by atoms with Crippen molar-refractivity contribution >= 4 is 52.5 Å². The van der Waals surface area contributed by atoms with Crippen molar-refractivity contribution in [3.8, 4) is 11.8 Å². The van der Waals surface area contributed by atoms with E-state index in [0.717, 1.165) is 0 Å². The zero-order valence-corrected chi connectivity index (χ0v) is 13.7. The van der Waals surface area contributed by atoms with Crippen molar-refractivity contribution in [1.29, 1.82) is 5.26 Å². The van der Waals surface area contributed by atoms with Gasteiger partial charge in [0.25, 0.3) is 5.91 Å². The molecule has 4 nitrogen and oxygen atoms in total. The van der Waals surface area contributed by atoms with Crippen LogP contribution < -0.4 is 5.32 Å². The van der Waals surface area contributed by atoms with Crippen LogP contribution in [0.25, 0.3) is 6.08 Å². The van der Waals surface area contributed by atoms with Gasteiger partial charge in [-0.1, -0.05) is 40.9 Å². The van der Waals surface area contributed by atoms with Gasteiger partial charge in [-0.3, -0.25) is 4.79 Å². The van der Waals surface area contributed by atoms with Gasteiger partial charge in [0.2, 0.25) is 0 Å². The largest absolute Gasteiger partial charge is 0.506 e. The predicted octanol–water partition coefficient (Wildman–Crippen LogP) is 4.90. The third kappa shape index (κ3) is 4.40. The van der Waals surface area contributed by atoms with Crippen molar-refractivity contribution < 1.29 is 9.90 Å². The van der Waals surface area contributed by atoms with Gasteiger partial charge in [0.1, 0.15) is 17.4 Å². The molecule has 0 saturated carbocycles. The van der Waals surface area contributed by atoms with Crippen molar-refractivity contribution in [2.75, 3.05) is 5.32 Å². The first-order valence-electron chi connectivity index (χ1n) is 6.27. The Labute approximate surface area is 147 Å². The number of phenols is 1. The molecule has 2 aromatic carbocycles. The number of anilines is 1. The van der Waals surface area contributed by atoms with E-state index in [1.807, 2.05) is 0 Å². The highest BCUT2D eigenvalue weighted by Gasteiger charge is 2.12. The summed E-state index contributed by atoms with van der Waals surface area (Å²) in [5.41, 5.74) is 0.647. The molecule has 0 fully saturated rings. The van der Waals surface area contributed by atoms with Gasteiger partial charge in [0.15, 0.2) is 0 Å². The molecular weight excluding hydrogens is 359 g/mol. The number of phenolic OH excluding ortho intramolecular Hbond substituents is 1. The molecule has 2 aromatic rings. The number of nitrogens with one attached hydrogen (secondary N) is 1. The van der Waals surface area contributed by atoms with E-state index in [4.69, 9.17) is 40.1 Å². The fourth-order valence-corrected chi connectivity index (χ4v) is 2.24. The van der Waals surface area contributed by atoms with E-state index in [9.17, 15) is 9.90 Å². The lowest BCUT2D eigenvalue weighted by Gasteiger charge is -2.07. The quantitative estimate of drug-likeness (QED) is 0.598. The Morgan fingerprint density at radius 2 is 1.87 bits per heavy atom. The Kier molecular flexibility index (Phi) is 5.51. The first-order valence-corrected chi connectivity index (χ1v) is 7.41. The normalized spacial score (nSPS) is 11.0. The number of hydrogen-bond acceptors (Lipinski definition) is 3. The maximum Gasteiger partial charge on any atom is 0.266 e. The van der Waals surface area contributed by atoms with Crippen LogP contribution in [0.15, 0.2) is 42.0 Å². The number of rotatable bonds is 3. The van der Waals surface area contributed by atoms with Crippen LogP contribution in [0, 0.1) is 11.3 Å². The topological polar surface area (TPSA) is 73.1 Å². The summed E-state index contributed by atoms with van der Waals surface area (Å²) in [6, 6.07) is 10.7. The van der Waals surface area contributed by atoms with Gasteiger partial charge in [0, 0.05) is 5.02 Å². The molecule has 23 heavy (non-hydrogen) atoms. The summed E-state index contributed by atoms with van der Waals surface area (Å²) < 4.78 is 0. The second-order valence-corrected chi connectivity index (χ2v) is 5.71. The predicted molar refractivity (Wildman–Crippen MR) is 91.8 cm³/mol. The van der Waals surface area contributed by atoms with E-state index in [-0.39, 0.29) is 16.3 Å². The maximum atomic E-state index is 12.2. The lowest BCUT2D eigenvalue weighted by molar-refractivity contribution is -0.112. The van der Waals surface area contributed by atoms with Crippen molar-refractivity contribution in [2.45, 2.75) is 0 Å². The van der Waals surface area contributed by atoms with Crippen LogP contribution >= 0.6 is 34.8 Å². The molecule has 0 bridgehead atoms. The summed E-state index contributed by atoms with van der Waals surface area (Å²) in [5, 5.41) is 21.9. The number of amides is 1. The maximum absolute atomic E-state index is 12.2. The number of aromatic hydroxyl groups is 1. The molecular formula is C16H9Cl3N2O2. The highest BCUT2D eigenvalue weighted by Crippen LogP contribution is 2.27. The SMILES string of the molecule is N#CC(=Cc1ccc(O)c(Cl)c1)C(=O)Nc1cc(Cl)ccc1Cl. The monoisotopic (exact) mass is 366 g/mol. The zero-order valence-electron chi connectivity index (χ0n) is 11.5. The van der Waals surface area contributed by atoms with Crippen LogP contribution in [0.5, 0.6) is 5.75 Å². The summed E-state index contributed by atoms with van der Waals surface area (Å²) in [6.45, 7) is 0. The zero-order chi connectivity index (χ0) is 17.0. The summed E-state index contributed by atoms with van der Waals surface area (Å²) in [7, 11) is 0. The molecule has 0 saturated heterocycles. The van der Waals surface area contributed by atoms with Crippen molar-refractivity contribution in [3.05, 3.63) is 62.6 Å². The molecule has 7 heteroatoms. The fraction of sp³-hybridized carbons (Fsp3) is 0. The van der Waals surface area contributed by atoms with Crippen LogP contribution in [0.2, 0.25) is 15.1 Å². The third-order valence-electron chi connectivity index (χ3n) is 2.82. The highest BCUT2D eigenvalue weighted by molar-refractivity contribution is 6.36. The summed E-state index contributed by atoms with van der Waals surface area (Å²) >= 11 is 17.6. The number of carbonyl (C=O) groups is 1. The number of nitrogens with zero attached hydrogens (tertiary/aromatic N) is 1. The molecule has 1 amide bonds. The smallest absolute Gasteiger partial charge is 0.266 e. The van der Waals surface area contributed by atoms with Crippen LogP contribution in [0.1, 0.15) is 5.56 Å². The number of nitriles is 1. The van der Waals surface area contributed by atoms with Gasteiger partial charge in [-0.15, -0.1) is 0 Å². The van der Waals surface area contributed by atoms with Gasteiger partial charge in [-0.05, 0) is 42.0 Å². The number of carbonyl (C=O) groups excluding carboxylic acids is 1.